The van der Waals surface area contributed by atoms with Gasteiger partial charge in [-0.15, -0.1) is 0 Å². The predicted molar refractivity (Wildman–Crippen MR) is 142 cm³/mol. The smallest absolute Gasteiger partial charge is 0.265 e. The van der Waals surface area contributed by atoms with Crippen LogP contribution >= 0.6 is 11.6 Å². The molecule has 0 aliphatic heterocycles. The molecule has 0 heterocycles. The summed E-state index contributed by atoms with van der Waals surface area (Å²) in [7, 11) is 3.17. The minimum absolute atomic E-state index is 0.288. The monoisotopic (exact) mass is 510 g/mol. The van der Waals surface area contributed by atoms with E-state index in [1.807, 2.05) is 32.0 Å². The fourth-order valence-corrected chi connectivity index (χ4v) is 3.82. The highest BCUT2D eigenvalue weighted by Crippen LogP contribution is 2.28. The van der Waals surface area contributed by atoms with Crippen molar-refractivity contribution in [2.24, 2.45) is 0 Å². The third-order valence-corrected chi connectivity index (χ3v) is 6.26. The lowest BCUT2D eigenvalue weighted by molar-refractivity contribution is -0.122. The summed E-state index contributed by atoms with van der Waals surface area (Å²) in [5.41, 5.74) is 3.51. The van der Waals surface area contributed by atoms with Crippen LogP contribution in [0.5, 0.6) is 17.2 Å². The van der Waals surface area contributed by atoms with Crippen LogP contribution in [0.2, 0.25) is 5.02 Å². The number of hydrogen-bond acceptors (Lipinski definition) is 5. The predicted octanol–water partition coefficient (Wildman–Crippen LogP) is 5.35. The first-order chi connectivity index (χ1) is 17.2. The summed E-state index contributed by atoms with van der Waals surface area (Å²) in [6, 6.07) is 16.1. The van der Waals surface area contributed by atoms with Crippen molar-refractivity contribution >= 4 is 29.1 Å². The Balaban J connectivity index is 1.61. The van der Waals surface area contributed by atoms with Gasteiger partial charge in [0.2, 0.25) is 0 Å². The van der Waals surface area contributed by atoms with Crippen LogP contribution in [0.1, 0.15) is 34.0 Å². The lowest BCUT2D eigenvalue weighted by Crippen LogP contribution is -2.32. The number of methoxy groups -OCH3 is 2. The molecule has 0 fully saturated rings. The molecule has 0 aliphatic rings. The van der Waals surface area contributed by atoms with Crippen molar-refractivity contribution in [1.29, 1.82) is 0 Å². The molecule has 8 heteroatoms. The van der Waals surface area contributed by atoms with Crippen LogP contribution in [-0.4, -0.2) is 38.7 Å². The molecule has 2 amide bonds. The van der Waals surface area contributed by atoms with E-state index in [1.54, 1.807) is 57.5 Å². The molecule has 3 aromatic carbocycles. The average Bonchev–Trinajstić information content (AvgIpc) is 2.87. The van der Waals surface area contributed by atoms with Crippen LogP contribution < -0.4 is 24.8 Å². The van der Waals surface area contributed by atoms with Gasteiger partial charge in [0.05, 0.1) is 25.5 Å². The molecule has 2 N–H and O–H groups in total. The molecular formula is C28H31ClN2O5. The first-order valence-corrected chi connectivity index (χ1v) is 11.9. The maximum atomic E-state index is 12.9. The maximum absolute atomic E-state index is 12.9. The summed E-state index contributed by atoms with van der Waals surface area (Å²) >= 11 is 6.22. The summed E-state index contributed by atoms with van der Waals surface area (Å²) < 4.78 is 16.4. The molecule has 190 valence electrons. The molecule has 7 nitrogen and oxygen atoms in total. The Morgan fingerprint density at radius 3 is 2.28 bits per heavy atom. The number of rotatable bonds is 10. The van der Waals surface area contributed by atoms with Crippen LogP contribution in [0.25, 0.3) is 0 Å². The molecule has 0 aromatic heterocycles. The lowest BCUT2D eigenvalue weighted by Gasteiger charge is -2.17. The first kappa shape index (κ1) is 26.9. The van der Waals surface area contributed by atoms with Gasteiger partial charge in [-0.05, 0) is 80.3 Å². The summed E-state index contributed by atoms with van der Waals surface area (Å²) in [4.78, 5) is 25.7. The van der Waals surface area contributed by atoms with E-state index in [0.717, 1.165) is 16.7 Å². The number of hydrogen-bond donors (Lipinski definition) is 2. The normalized spacial score (nSPS) is 11.4. The summed E-state index contributed by atoms with van der Waals surface area (Å²) in [6.45, 7) is 5.83. The van der Waals surface area contributed by atoms with Gasteiger partial charge in [0.25, 0.3) is 11.8 Å². The summed E-state index contributed by atoms with van der Waals surface area (Å²) in [5, 5.41) is 6.39. The van der Waals surface area contributed by atoms with E-state index in [0.29, 0.717) is 46.5 Å². The quantitative estimate of drug-likeness (QED) is 0.384. The highest BCUT2D eigenvalue weighted by molar-refractivity contribution is 6.32. The Bertz CT molecular complexity index is 1220. The number of aryl methyl sites for hydroxylation is 2. The van der Waals surface area contributed by atoms with Gasteiger partial charge in [-0.25, -0.2) is 0 Å². The summed E-state index contributed by atoms with van der Waals surface area (Å²) in [6.07, 6.45) is -0.183. The van der Waals surface area contributed by atoms with Crippen molar-refractivity contribution < 1.29 is 23.8 Å². The number of anilines is 1. The zero-order valence-corrected chi connectivity index (χ0v) is 21.9. The fourth-order valence-electron chi connectivity index (χ4n) is 3.71. The molecule has 0 bridgehead atoms. The number of ether oxygens (including phenoxy) is 3. The van der Waals surface area contributed by atoms with Gasteiger partial charge in [0.15, 0.2) is 17.6 Å². The van der Waals surface area contributed by atoms with Crippen molar-refractivity contribution in [2.45, 2.75) is 33.3 Å². The Hall–Kier alpha value is -3.71. The van der Waals surface area contributed by atoms with Crippen molar-refractivity contribution in [3.8, 4) is 17.2 Å². The molecule has 1 atom stereocenters. The van der Waals surface area contributed by atoms with E-state index >= 15 is 0 Å². The minimum atomic E-state index is -0.786. The van der Waals surface area contributed by atoms with E-state index in [2.05, 4.69) is 10.6 Å². The number of benzene rings is 3. The zero-order chi connectivity index (χ0) is 26.2. The molecule has 0 radical (unpaired) electrons. The van der Waals surface area contributed by atoms with Gasteiger partial charge < -0.3 is 24.8 Å². The van der Waals surface area contributed by atoms with E-state index in [4.69, 9.17) is 25.8 Å². The van der Waals surface area contributed by atoms with Gasteiger partial charge >= 0.3 is 0 Å². The average molecular weight is 511 g/mol. The number of carbonyl (C=O) groups is 2. The topological polar surface area (TPSA) is 85.9 Å². The van der Waals surface area contributed by atoms with Crippen LogP contribution in [0.3, 0.4) is 0 Å². The Morgan fingerprint density at radius 1 is 0.944 bits per heavy atom. The first-order valence-electron chi connectivity index (χ1n) is 11.6. The van der Waals surface area contributed by atoms with E-state index in [-0.39, 0.29) is 11.8 Å². The Labute approximate surface area is 216 Å². The molecule has 3 aromatic rings. The number of para-hydroxylation sites is 1. The van der Waals surface area contributed by atoms with Crippen molar-refractivity contribution in [3.05, 3.63) is 81.9 Å². The van der Waals surface area contributed by atoms with E-state index in [9.17, 15) is 9.59 Å². The Kier molecular flexibility index (Phi) is 9.19. The van der Waals surface area contributed by atoms with Crippen molar-refractivity contribution in [3.63, 3.8) is 0 Å². The third-order valence-electron chi connectivity index (χ3n) is 5.67. The van der Waals surface area contributed by atoms with Gasteiger partial charge in [0.1, 0.15) is 5.75 Å². The minimum Gasteiger partial charge on any atom is -0.493 e. The number of amides is 2. The van der Waals surface area contributed by atoms with Gasteiger partial charge in [-0.3, -0.25) is 9.59 Å². The number of nitrogens with one attached hydrogen (secondary N) is 2. The highest BCUT2D eigenvalue weighted by Gasteiger charge is 2.19. The Morgan fingerprint density at radius 2 is 1.61 bits per heavy atom. The van der Waals surface area contributed by atoms with Crippen LogP contribution in [0.15, 0.2) is 54.6 Å². The lowest BCUT2D eigenvalue weighted by atomic mass is 10.1. The zero-order valence-electron chi connectivity index (χ0n) is 21.1. The van der Waals surface area contributed by atoms with Gasteiger partial charge in [-0.1, -0.05) is 29.8 Å². The molecule has 0 unspecified atom stereocenters. The van der Waals surface area contributed by atoms with Gasteiger partial charge in [0, 0.05) is 11.6 Å². The SMILES string of the molecule is COc1ccc(CCNC(=O)c2ccccc2NC(=O)[C@H](C)Oc2cc(C)c(Cl)c(C)c2)cc1OC. The maximum Gasteiger partial charge on any atom is 0.265 e. The van der Waals surface area contributed by atoms with Crippen molar-refractivity contribution in [2.75, 3.05) is 26.1 Å². The number of carbonyl (C=O) groups excluding carboxylic acids is 2. The fraction of sp³-hybridized carbons (Fsp3) is 0.286. The van der Waals surface area contributed by atoms with Crippen LogP contribution in [0, 0.1) is 13.8 Å². The third kappa shape index (κ3) is 6.70. The molecule has 0 saturated heterocycles. The second-order valence-electron chi connectivity index (χ2n) is 8.36. The van der Waals surface area contributed by atoms with Crippen LogP contribution in [0.4, 0.5) is 5.69 Å². The molecule has 0 saturated carbocycles. The second-order valence-corrected chi connectivity index (χ2v) is 8.74. The van der Waals surface area contributed by atoms with Crippen molar-refractivity contribution in [1.82, 2.24) is 5.32 Å². The van der Waals surface area contributed by atoms with E-state index in [1.165, 1.54) is 0 Å². The van der Waals surface area contributed by atoms with Crippen LogP contribution in [-0.2, 0) is 11.2 Å². The highest BCUT2D eigenvalue weighted by atomic mass is 35.5. The number of halogens is 1. The largest absolute Gasteiger partial charge is 0.493 e. The molecular weight excluding hydrogens is 480 g/mol. The van der Waals surface area contributed by atoms with E-state index < -0.39 is 6.10 Å². The molecule has 0 spiro atoms. The second kappa shape index (κ2) is 12.3. The summed E-state index contributed by atoms with van der Waals surface area (Å²) in [5.74, 6) is 1.18. The molecule has 3 rings (SSSR count). The van der Waals surface area contributed by atoms with Gasteiger partial charge in [-0.2, -0.15) is 0 Å². The standard InChI is InChI=1S/C28H31ClN2O5/c1-17-14-21(15-18(2)26(17)29)36-19(3)27(32)31-23-9-7-6-8-22(23)28(33)30-13-12-20-10-11-24(34-4)25(16-20)35-5/h6-11,14-16,19H,12-13H2,1-5H3,(H,30,33)(H,31,32)/t19-/m0/s1. The molecule has 36 heavy (non-hydrogen) atoms. The molecule has 0 aliphatic carbocycles.